The van der Waals surface area contributed by atoms with E-state index in [1.807, 2.05) is 34.9 Å². The van der Waals surface area contributed by atoms with Crippen molar-refractivity contribution in [1.29, 1.82) is 0 Å². The molecule has 2 amide bonds. The summed E-state index contributed by atoms with van der Waals surface area (Å²) in [7, 11) is 4.83. The lowest BCUT2D eigenvalue weighted by Gasteiger charge is -2.25. The third-order valence-electron chi connectivity index (χ3n) is 6.19. The Kier molecular flexibility index (Phi) is 38.2. The van der Waals surface area contributed by atoms with Gasteiger partial charge in [0.05, 0.1) is 18.1 Å². The number of carbonyl (C=O) groups is 4. The van der Waals surface area contributed by atoms with E-state index in [1.165, 1.54) is 32.1 Å². The molecule has 0 aromatic carbocycles. The maximum Gasteiger partial charge on any atom is 0.237 e. The number of aliphatic hydroxyl groups is 1. The van der Waals surface area contributed by atoms with Crippen LogP contribution in [0.3, 0.4) is 0 Å². The molecular weight excluding hydrogens is 520 g/mol. The van der Waals surface area contributed by atoms with Gasteiger partial charge < -0.3 is 25.9 Å². The van der Waals surface area contributed by atoms with Gasteiger partial charge in [-0.2, -0.15) is 0 Å². The molecule has 9 heteroatoms. The van der Waals surface area contributed by atoms with Crippen molar-refractivity contribution in [3.63, 3.8) is 0 Å². The Bertz CT molecular complexity index is 614. The predicted molar refractivity (Wildman–Crippen MR) is 173 cm³/mol. The second kappa shape index (κ2) is 34.1. The van der Waals surface area contributed by atoms with Gasteiger partial charge in [0.15, 0.2) is 5.78 Å². The fourth-order valence-electron chi connectivity index (χ4n) is 4.21. The molecule has 0 spiro atoms. The fraction of sp³-hybridized carbons (Fsp3) is 0.812. The average molecular weight is 587 g/mol. The summed E-state index contributed by atoms with van der Waals surface area (Å²) in [5, 5.41) is 15.3. The molecule has 3 unspecified atom stereocenters. The zero-order valence-corrected chi connectivity index (χ0v) is 28.1. The van der Waals surface area contributed by atoms with Crippen LogP contribution in [0.25, 0.3) is 0 Å². The SMILES string of the molecule is C=CCNC=O.CC.CC(C)C.CCCC(NC(=O)C1CCCN1C)C(C)=O.CNC(C=O)C1CCCCC1.CO. The molecule has 2 aliphatic rings. The molecule has 41 heavy (non-hydrogen) atoms. The summed E-state index contributed by atoms with van der Waals surface area (Å²) in [4.78, 5) is 45.3. The molecule has 2 fully saturated rings. The van der Waals surface area contributed by atoms with Gasteiger partial charge in [-0.1, -0.05) is 73.3 Å². The standard InChI is InChI=1S/C12H22N2O2.C9H17NO.C4H7NO.C4H10.C2H6.CH4O/c1-4-6-10(9(2)15)13-12(16)11-7-5-8-14(11)3;1-10-9(7-11)8-5-3-2-4-6-8;1-2-3-5-4-6;1-4(2)3;2*1-2/h10-11H,4-8H2,1-3H3,(H,13,16);7-10H,2-6H2,1H3;2,4H,1,3H2,(H,5,6);4H,1-3H3;1-2H3;2H,1H3. The predicted octanol–water partition coefficient (Wildman–Crippen LogP) is 4.52. The molecule has 9 nitrogen and oxygen atoms in total. The summed E-state index contributed by atoms with van der Waals surface area (Å²) in [5.74, 6) is 1.50. The third-order valence-corrected chi connectivity index (χ3v) is 6.19. The molecule has 0 aromatic heterocycles. The first-order valence-corrected chi connectivity index (χ1v) is 15.5. The highest BCUT2D eigenvalue weighted by molar-refractivity contribution is 5.89. The Morgan fingerprint density at radius 3 is 1.88 bits per heavy atom. The Morgan fingerprint density at radius 2 is 1.56 bits per heavy atom. The van der Waals surface area contributed by atoms with Crippen molar-refractivity contribution >= 4 is 24.4 Å². The highest BCUT2D eigenvalue weighted by atomic mass is 16.2. The number of aldehydes is 1. The molecule has 1 saturated carbocycles. The number of Topliss-reactive ketones (excluding diaryl/α,β-unsaturated/α-hetero) is 1. The summed E-state index contributed by atoms with van der Waals surface area (Å²) in [6.07, 6.45) is 13.3. The van der Waals surface area contributed by atoms with Crippen molar-refractivity contribution in [2.45, 2.75) is 124 Å². The third kappa shape index (κ3) is 27.8. The first kappa shape index (κ1) is 45.9. The van der Waals surface area contributed by atoms with E-state index in [-0.39, 0.29) is 29.8 Å². The summed E-state index contributed by atoms with van der Waals surface area (Å²) in [5.41, 5.74) is 0. The Balaban J connectivity index is -0.000000237. The molecule has 1 heterocycles. The maximum atomic E-state index is 11.9. The summed E-state index contributed by atoms with van der Waals surface area (Å²) < 4.78 is 0. The van der Waals surface area contributed by atoms with Gasteiger partial charge >= 0.3 is 0 Å². The topological polar surface area (TPSA) is 128 Å². The molecule has 1 aliphatic heterocycles. The number of likely N-dealkylation sites (N-methyl/N-ethyl adjacent to an activating group) is 2. The number of nitrogens with zero attached hydrogens (tertiary/aromatic N) is 1. The van der Waals surface area contributed by atoms with E-state index in [0.717, 1.165) is 51.5 Å². The lowest BCUT2D eigenvalue weighted by molar-refractivity contribution is -0.129. The van der Waals surface area contributed by atoms with Crippen molar-refractivity contribution < 1.29 is 24.3 Å². The molecule has 0 bridgehead atoms. The number of aliphatic hydroxyl groups excluding tert-OH is 1. The summed E-state index contributed by atoms with van der Waals surface area (Å²) >= 11 is 0. The van der Waals surface area contributed by atoms with Gasteiger partial charge in [-0.3, -0.25) is 19.3 Å². The molecule has 4 N–H and O–H groups in total. The number of amides is 2. The van der Waals surface area contributed by atoms with Crippen LogP contribution in [0.4, 0.5) is 0 Å². The van der Waals surface area contributed by atoms with Crippen molar-refractivity contribution in [2.75, 3.05) is 34.3 Å². The summed E-state index contributed by atoms with van der Waals surface area (Å²) in [6, 6.07) is -0.236. The second-order valence-corrected chi connectivity index (χ2v) is 10.5. The minimum atomic E-state index is -0.300. The van der Waals surface area contributed by atoms with E-state index >= 15 is 0 Å². The fourth-order valence-corrected chi connectivity index (χ4v) is 4.21. The van der Waals surface area contributed by atoms with Crippen molar-refractivity contribution in [3.05, 3.63) is 12.7 Å². The van der Waals surface area contributed by atoms with Gasteiger partial charge in [-0.05, 0) is 71.5 Å². The molecule has 244 valence electrons. The first-order chi connectivity index (χ1) is 19.6. The average Bonchev–Trinajstić information content (AvgIpc) is 3.41. The molecule has 0 aromatic rings. The van der Waals surface area contributed by atoms with Crippen molar-refractivity contribution in [1.82, 2.24) is 20.9 Å². The minimum Gasteiger partial charge on any atom is -0.400 e. The van der Waals surface area contributed by atoms with E-state index in [1.54, 1.807) is 13.0 Å². The quantitative estimate of drug-likeness (QED) is 0.159. The number of rotatable bonds is 11. The smallest absolute Gasteiger partial charge is 0.237 e. The summed E-state index contributed by atoms with van der Waals surface area (Å²) in [6.45, 7) is 19.0. The van der Waals surface area contributed by atoms with Crippen LogP contribution < -0.4 is 16.0 Å². The van der Waals surface area contributed by atoms with Gasteiger partial charge in [0.25, 0.3) is 0 Å². The van der Waals surface area contributed by atoms with Crippen LogP contribution in [0.15, 0.2) is 12.7 Å². The van der Waals surface area contributed by atoms with E-state index in [4.69, 9.17) is 5.11 Å². The van der Waals surface area contributed by atoms with Gasteiger partial charge in [-0.15, -0.1) is 6.58 Å². The van der Waals surface area contributed by atoms with Crippen LogP contribution in [0, 0.1) is 11.8 Å². The minimum absolute atomic E-state index is 0.00801. The van der Waals surface area contributed by atoms with Crippen LogP contribution in [0.1, 0.15) is 106 Å². The van der Waals surface area contributed by atoms with Crippen molar-refractivity contribution in [3.8, 4) is 0 Å². The van der Waals surface area contributed by atoms with E-state index in [9.17, 15) is 19.2 Å². The van der Waals surface area contributed by atoms with Gasteiger partial charge in [0, 0.05) is 13.7 Å². The highest BCUT2D eigenvalue weighted by Crippen LogP contribution is 2.25. The van der Waals surface area contributed by atoms with E-state index in [2.05, 4.69) is 48.2 Å². The van der Waals surface area contributed by atoms with E-state index < -0.39 is 0 Å². The normalized spacial score (nSPS) is 17.3. The first-order valence-electron chi connectivity index (χ1n) is 15.5. The molecule has 0 radical (unpaired) electrons. The van der Waals surface area contributed by atoms with Crippen LogP contribution in [-0.2, 0) is 19.2 Å². The highest BCUT2D eigenvalue weighted by Gasteiger charge is 2.29. The number of likely N-dealkylation sites (tertiary alicyclic amines) is 1. The molecule has 3 atom stereocenters. The lowest BCUT2D eigenvalue weighted by atomic mass is 9.84. The second-order valence-electron chi connectivity index (χ2n) is 10.5. The molecule has 2 rings (SSSR count). The zero-order chi connectivity index (χ0) is 32.6. The van der Waals surface area contributed by atoms with Crippen molar-refractivity contribution in [2.24, 2.45) is 11.8 Å². The molecule has 1 aliphatic carbocycles. The largest absolute Gasteiger partial charge is 0.400 e. The van der Waals surface area contributed by atoms with E-state index in [0.29, 0.717) is 18.9 Å². The Labute approximate surface area is 252 Å². The Morgan fingerprint density at radius 1 is 1.02 bits per heavy atom. The van der Waals surface area contributed by atoms with Gasteiger partial charge in [0.2, 0.25) is 12.3 Å². The molecule has 1 saturated heterocycles. The molecular formula is C32H66N4O5. The van der Waals surface area contributed by atoms with Crippen LogP contribution in [0.2, 0.25) is 0 Å². The monoisotopic (exact) mass is 587 g/mol. The number of nitrogens with one attached hydrogen (secondary N) is 3. The lowest BCUT2D eigenvalue weighted by Crippen LogP contribution is -2.48. The number of hydrogen-bond acceptors (Lipinski definition) is 7. The maximum absolute atomic E-state index is 11.9. The number of ketones is 1. The van der Waals surface area contributed by atoms with Gasteiger partial charge in [-0.25, -0.2) is 0 Å². The Hall–Kier alpha value is -2.10. The van der Waals surface area contributed by atoms with Crippen LogP contribution >= 0.6 is 0 Å². The van der Waals surface area contributed by atoms with Crippen LogP contribution in [0.5, 0.6) is 0 Å². The zero-order valence-electron chi connectivity index (χ0n) is 28.1. The number of hydrogen-bond donors (Lipinski definition) is 4. The van der Waals surface area contributed by atoms with Gasteiger partial charge in [0.1, 0.15) is 6.29 Å². The van der Waals surface area contributed by atoms with Crippen LogP contribution in [-0.4, -0.2) is 86.8 Å². The number of carbonyl (C=O) groups excluding carboxylic acids is 4.